The Morgan fingerprint density at radius 3 is 1.75 bits per heavy atom. The summed E-state index contributed by atoms with van der Waals surface area (Å²) in [6.07, 6.45) is 0.925. The van der Waals surface area contributed by atoms with Gasteiger partial charge in [-0.25, -0.2) is 0 Å². The van der Waals surface area contributed by atoms with E-state index in [-0.39, 0.29) is 16.1 Å². The van der Waals surface area contributed by atoms with Crippen LogP contribution in [-0.4, -0.2) is 10.3 Å². The first-order valence-corrected chi connectivity index (χ1v) is 7.36. The van der Waals surface area contributed by atoms with E-state index in [4.69, 9.17) is 11.6 Å². The topological polar surface area (TPSA) is 37.3 Å². The minimum atomic E-state index is -0.326. The summed E-state index contributed by atoms with van der Waals surface area (Å²) in [4.78, 5) is 11.0. The molecule has 3 heteroatoms. The summed E-state index contributed by atoms with van der Waals surface area (Å²) in [6, 6.07) is 3.98. The van der Waals surface area contributed by atoms with Gasteiger partial charge in [-0.1, -0.05) is 53.7 Å². The summed E-state index contributed by atoms with van der Waals surface area (Å²) in [7, 11) is 0. The molecule has 2 nitrogen and oxygen atoms in total. The molecule has 0 saturated carbocycles. The molecule has 0 spiro atoms. The third-order valence-electron chi connectivity index (χ3n) is 3.40. The lowest BCUT2D eigenvalue weighted by atomic mass is 9.78. The zero-order valence-electron chi connectivity index (χ0n) is 13.3. The molecule has 112 valence electrons. The van der Waals surface area contributed by atoms with E-state index in [2.05, 4.69) is 41.5 Å². The van der Waals surface area contributed by atoms with Crippen LogP contribution in [0.4, 0.5) is 0 Å². The molecule has 0 radical (unpaired) electrons. The van der Waals surface area contributed by atoms with Crippen molar-refractivity contribution in [2.24, 2.45) is 0 Å². The minimum Gasteiger partial charge on any atom is -0.507 e. The Bertz CT molecular complexity index is 470. The number of halogens is 1. The van der Waals surface area contributed by atoms with E-state index in [1.807, 2.05) is 12.1 Å². The SMILES string of the molecule is CC(C)(C)c1cc(CCC(=O)Cl)cc(C(C)(C)C)c1O. The normalized spacial score (nSPS) is 12.6. The zero-order valence-corrected chi connectivity index (χ0v) is 14.1. The molecule has 0 aliphatic carbocycles. The predicted octanol–water partition coefficient (Wildman–Crippen LogP) is 4.69. The molecule has 0 aliphatic rings. The second-order valence-electron chi connectivity index (χ2n) is 7.39. The first kappa shape index (κ1) is 17.0. The van der Waals surface area contributed by atoms with Gasteiger partial charge in [-0.15, -0.1) is 0 Å². The van der Waals surface area contributed by atoms with Crippen molar-refractivity contribution in [3.8, 4) is 5.75 Å². The van der Waals surface area contributed by atoms with Gasteiger partial charge in [-0.3, -0.25) is 4.79 Å². The molecule has 0 aromatic heterocycles. The third kappa shape index (κ3) is 4.24. The Hall–Kier alpha value is -1.02. The van der Waals surface area contributed by atoms with E-state index in [0.717, 1.165) is 16.7 Å². The molecule has 1 aromatic rings. The molecule has 0 unspecified atom stereocenters. The Morgan fingerprint density at radius 2 is 1.45 bits per heavy atom. The van der Waals surface area contributed by atoms with E-state index in [1.54, 1.807) is 0 Å². The van der Waals surface area contributed by atoms with Gasteiger partial charge in [-0.05, 0) is 45.5 Å². The summed E-state index contributed by atoms with van der Waals surface area (Å²) >= 11 is 5.43. The van der Waals surface area contributed by atoms with Crippen molar-refractivity contribution in [3.63, 3.8) is 0 Å². The van der Waals surface area contributed by atoms with Crippen molar-refractivity contribution in [3.05, 3.63) is 28.8 Å². The molecule has 0 atom stereocenters. The van der Waals surface area contributed by atoms with Crippen LogP contribution in [0.3, 0.4) is 0 Å². The quantitative estimate of drug-likeness (QED) is 0.822. The van der Waals surface area contributed by atoms with Crippen molar-refractivity contribution in [2.45, 2.75) is 65.2 Å². The van der Waals surface area contributed by atoms with Crippen LogP contribution in [0.15, 0.2) is 12.1 Å². The number of phenols is 1. The first-order valence-electron chi connectivity index (χ1n) is 6.98. The molecule has 0 amide bonds. The molecule has 20 heavy (non-hydrogen) atoms. The molecule has 0 fully saturated rings. The van der Waals surface area contributed by atoms with Gasteiger partial charge in [0.1, 0.15) is 5.75 Å². The molecule has 1 rings (SSSR count). The number of aryl methyl sites for hydroxylation is 1. The fourth-order valence-corrected chi connectivity index (χ4v) is 2.32. The second-order valence-corrected chi connectivity index (χ2v) is 7.82. The summed E-state index contributed by atoms with van der Waals surface area (Å²) in [5.41, 5.74) is 2.59. The first-order chi connectivity index (χ1) is 8.93. The maximum Gasteiger partial charge on any atom is 0.221 e. The average Bonchev–Trinajstić information content (AvgIpc) is 2.24. The van der Waals surface area contributed by atoms with Gasteiger partial charge in [0.15, 0.2) is 0 Å². The van der Waals surface area contributed by atoms with Gasteiger partial charge in [0.2, 0.25) is 5.24 Å². The van der Waals surface area contributed by atoms with E-state index >= 15 is 0 Å². The summed E-state index contributed by atoms with van der Waals surface area (Å²) < 4.78 is 0. The van der Waals surface area contributed by atoms with Crippen LogP contribution in [0.2, 0.25) is 0 Å². The van der Waals surface area contributed by atoms with Gasteiger partial charge in [0.05, 0.1) is 0 Å². The van der Waals surface area contributed by atoms with E-state index in [9.17, 15) is 9.90 Å². The number of phenolic OH excluding ortho intramolecular Hbond substituents is 1. The van der Waals surface area contributed by atoms with Crippen LogP contribution in [-0.2, 0) is 22.0 Å². The molecule has 0 bridgehead atoms. The number of carbonyl (C=O) groups is 1. The summed E-state index contributed by atoms with van der Waals surface area (Å²) in [5.74, 6) is 0.367. The van der Waals surface area contributed by atoms with Crippen molar-refractivity contribution < 1.29 is 9.90 Å². The maximum absolute atomic E-state index is 11.0. The molecule has 1 aromatic carbocycles. The van der Waals surface area contributed by atoms with Gasteiger partial charge < -0.3 is 5.11 Å². The Morgan fingerprint density at radius 1 is 1.05 bits per heavy atom. The fourth-order valence-electron chi connectivity index (χ4n) is 2.22. The molecule has 0 saturated heterocycles. The van der Waals surface area contributed by atoms with Gasteiger partial charge in [-0.2, -0.15) is 0 Å². The molecular formula is C17H25ClO2. The van der Waals surface area contributed by atoms with Crippen molar-refractivity contribution in [1.29, 1.82) is 0 Å². The fraction of sp³-hybridized carbons (Fsp3) is 0.588. The van der Waals surface area contributed by atoms with E-state index < -0.39 is 0 Å². The zero-order chi connectivity index (χ0) is 15.7. The minimum absolute atomic E-state index is 0.148. The van der Waals surface area contributed by atoms with Gasteiger partial charge >= 0.3 is 0 Å². The van der Waals surface area contributed by atoms with Gasteiger partial charge in [0, 0.05) is 6.42 Å². The number of aromatic hydroxyl groups is 1. The lowest BCUT2D eigenvalue weighted by Gasteiger charge is -2.28. The number of benzene rings is 1. The molecular weight excluding hydrogens is 272 g/mol. The molecule has 0 aliphatic heterocycles. The van der Waals surface area contributed by atoms with Crippen LogP contribution >= 0.6 is 11.6 Å². The number of hydrogen-bond donors (Lipinski definition) is 1. The smallest absolute Gasteiger partial charge is 0.221 e. The highest BCUT2D eigenvalue weighted by atomic mass is 35.5. The van der Waals surface area contributed by atoms with Crippen molar-refractivity contribution in [2.75, 3.05) is 0 Å². The Kier molecular flexibility index (Phi) is 4.91. The van der Waals surface area contributed by atoms with Crippen LogP contribution in [0.25, 0.3) is 0 Å². The lowest BCUT2D eigenvalue weighted by molar-refractivity contribution is -0.111. The van der Waals surface area contributed by atoms with Crippen molar-refractivity contribution >= 4 is 16.8 Å². The van der Waals surface area contributed by atoms with E-state index in [1.165, 1.54) is 0 Å². The second kappa shape index (κ2) is 5.77. The maximum atomic E-state index is 11.0. The predicted molar refractivity (Wildman–Crippen MR) is 84.7 cm³/mol. The van der Waals surface area contributed by atoms with Crippen LogP contribution in [0, 0.1) is 0 Å². The highest BCUT2D eigenvalue weighted by molar-refractivity contribution is 6.63. The molecule has 0 heterocycles. The summed E-state index contributed by atoms with van der Waals surface area (Å²) in [6.45, 7) is 12.4. The van der Waals surface area contributed by atoms with Crippen molar-refractivity contribution in [1.82, 2.24) is 0 Å². The van der Waals surface area contributed by atoms with Crippen LogP contribution in [0.5, 0.6) is 5.75 Å². The standard InChI is InChI=1S/C17H25ClO2/c1-16(2,3)12-9-11(7-8-14(18)19)10-13(15(12)20)17(4,5)6/h9-10,20H,7-8H2,1-6H3. The largest absolute Gasteiger partial charge is 0.507 e. The van der Waals surface area contributed by atoms with E-state index in [0.29, 0.717) is 18.6 Å². The number of carbonyl (C=O) groups excluding carboxylic acids is 1. The summed E-state index contributed by atoms with van der Waals surface area (Å²) in [5, 5.41) is 10.2. The lowest BCUT2D eigenvalue weighted by Crippen LogP contribution is -2.18. The monoisotopic (exact) mass is 296 g/mol. The Balaban J connectivity index is 3.38. The number of hydrogen-bond acceptors (Lipinski definition) is 2. The number of rotatable bonds is 3. The molecule has 1 N–H and O–H groups in total. The highest BCUT2D eigenvalue weighted by Crippen LogP contribution is 2.39. The van der Waals surface area contributed by atoms with Crippen LogP contribution in [0.1, 0.15) is 64.7 Å². The van der Waals surface area contributed by atoms with Crippen LogP contribution < -0.4 is 0 Å². The van der Waals surface area contributed by atoms with Gasteiger partial charge in [0.25, 0.3) is 0 Å². The Labute approximate surface area is 127 Å². The third-order valence-corrected chi connectivity index (χ3v) is 3.58. The average molecular weight is 297 g/mol. The highest BCUT2D eigenvalue weighted by Gasteiger charge is 2.26.